The molecule has 1 heterocycles. The third-order valence-electron chi connectivity index (χ3n) is 4.60. The summed E-state index contributed by atoms with van der Waals surface area (Å²) in [7, 11) is 0. The van der Waals surface area contributed by atoms with E-state index in [4.69, 9.17) is 11.6 Å². The summed E-state index contributed by atoms with van der Waals surface area (Å²) < 4.78 is 0. The molecular formula is C17H24ClN3O. The van der Waals surface area contributed by atoms with Crippen molar-refractivity contribution in [2.45, 2.75) is 38.6 Å². The molecule has 1 aliphatic heterocycles. The van der Waals surface area contributed by atoms with Crippen LogP contribution in [0.1, 0.15) is 31.2 Å². The van der Waals surface area contributed by atoms with Gasteiger partial charge in [0.2, 0.25) is 0 Å². The highest BCUT2D eigenvalue weighted by atomic mass is 35.5. The first-order valence-corrected chi connectivity index (χ1v) is 8.55. The second-order valence-electron chi connectivity index (χ2n) is 6.51. The first-order valence-electron chi connectivity index (χ1n) is 8.17. The highest BCUT2D eigenvalue weighted by Gasteiger charge is 2.25. The summed E-state index contributed by atoms with van der Waals surface area (Å²) >= 11 is 6.09. The topological polar surface area (TPSA) is 44.4 Å². The Morgan fingerprint density at radius 1 is 1.27 bits per heavy atom. The molecule has 1 aromatic carbocycles. The Labute approximate surface area is 137 Å². The van der Waals surface area contributed by atoms with Gasteiger partial charge >= 0.3 is 6.03 Å². The van der Waals surface area contributed by atoms with Crippen molar-refractivity contribution in [1.29, 1.82) is 0 Å². The van der Waals surface area contributed by atoms with Gasteiger partial charge in [0, 0.05) is 29.8 Å². The molecule has 0 aromatic heterocycles. The molecule has 5 heteroatoms. The molecule has 1 saturated heterocycles. The van der Waals surface area contributed by atoms with Crippen LogP contribution in [0, 0.1) is 12.8 Å². The van der Waals surface area contributed by atoms with E-state index in [0.29, 0.717) is 11.1 Å². The van der Waals surface area contributed by atoms with Crippen LogP contribution in [0.15, 0.2) is 18.2 Å². The largest absolute Gasteiger partial charge is 0.324 e. The number of hydrogen-bond donors (Lipinski definition) is 2. The van der Waals surface area contributed by atoms with E-state index in [1.807, 2.05) is 24.0 Å². The number of rotatable bonds is 4. The molecule has 22 heavy (non-hydrogen) atoms. The molecule has 2 aliphatic rings. The van der Waals surface area contributed by atoms with Crippen LogP contribution < -0.4 is 10.6 Å². The third kappa shape index (κ3) is 4.14. The SMILES string of the molecule is Cc1ccc(NC(=O)N2CCC(NCC3CC3)CC2)cc1Cl. The van der Waals surface area contributed by atoms with Gasteiger partial charge in [0.15, 0.2) is 0 Å². The zero-order valence-electron chi connectivity index (χ0n) is 13.1. The number of halogens is 1. The molecule has 0 bridgehead atoms. The molecule has 1 saturated carbocycles. The van der Waals surface area contributed by atoms with Gasteiger partial charge in [-0.3, -0.25) is 0 Å². The van der Waals surface area contributed by atoms with E-state index in [0.717, 1.165) is 49.6 Å². The Morgan fingerprint density at radius 3 is 2.64 bits per heavy atom. The van der Waals surface area contributed by atoms with Gasteiger partial charge in [-0.1, -0.05) is 17.7 Å². The quantitative estimate of drug-likeness (QED) is 0.889. The van der Waals surface area contributed by atoms with Crippen molar-refractivity contribution in [2.75, 3.05) is 25.0 Å². The molecule has 0 spiro atoms. The first kappa shape index (κ1) is 15.6. The normalized spacial score (nSPS) is 19.3. The summed E-state index contributed by atoms with van der Waals surface area (Å²) in [5.41, 5.74) is 1.77. The van der Waals surface area contributed by atoms with Crippen LogP contribution in [0.5, 0.6) is 0 Å². The lowest BCUT2D eigenvalue weighted by molar-refractivity contribution is 0.189. The van der Waals surface area contributed by atoms with E-state index in [1.165, 1.54) is 12.8 Å². The second-order valence-corrected chi connectivity index (χ2v) is 6.91. The molecule has 2 fully saturated rings. The molecule has 2 N–H and O–H groups in total. The average molecular weight is 322 g/mol. The molecule has 1 aliphatic carbocycles. The third-order valence-corrected chi connectivity index (χ3v) is 5.00. The van der Waals surface area contributed by atoms with E-state index in [1.54, 1.807) is 6.07 Å². The summed E-state index contributed by atoms with van der Waals surface area (Å²) in [5.74, 6) is 0.910. The Hall–Kier alpha value is -1.26. The lowest BCUT2D eigenvalue weighted by Gasteiger charge is -2.32. The van der Waals surface area contributed by atoms with Crippen molar-refractivity contribution in [1.82, 2.24) is 10.2 Å². The predicted octanol–water partition coefficient (Wildman–Crippen LogP) is 3.64. The van der Waals surface area contributed by atoms with Crippen LogP contribution in [0.4, 0.5) is 10.5 Å². The number of piperidine rings is 1. The monoisotopic (exact) mass is 321 g/mol. The first-order chi connectivity index (χ1) is 10.6. The van der Waals surface area contributed by atoms with E-state index >= 15 is 0 Å². The Morgan fingerprint density at radius 2 is 2.00 bits per heavy atom. The lowest BCUT2D eigenvalue weighted by Crippen LogP contribution is -2.46. The van der Waals surface area contributed by atoms with Crippen molar-refractivity contribution in [3.05, 3.63) is 28.8 Å². The van der Waals surface area contributed by atoms with Gasteiger partial charge < -0.3 is 15.5 Å². The van der Waals surface area contributed by atoms with E-state index in [2.05, 4.69) is 10.6 Å². The van der Waals surface area contributed by atoms with Crippen LogP contribution >= 0.6 is 11.6 Å². The van der Waals surface area contributed by atoms with Gasteiger partial charge in [-0.25, -0.2) is 4.79 Å². The zero-order valence-corrected chi connectivity index (χ0v) is 13.8. The van der Waals surface area contributed by atoms with Gasteiger partial charge in [-0.2, -0.15) is 0 Å². The Kier molecular flexibility index (Phi) is 4.89. The van der Waals surface area contributed by atoms with E-state index < -0.39 is 0 Å². The number of nitrogens with zero attached hydrogens (tertiary/aromatic N) is 1. The van der Waals surface area contributed by atoms with Crippen molar-refractivity contribution < 1.29 is 4.79 Å². The summed E-state index contributed by atoms with van der Waals surface area (Å²) in [6.45, 7) is 4.73. The summed E-state index contributed by atoms with van der Waals surface area (Å²) in [4.78, 5) is 14.2. The molecule has 120 valence electrons. The maximum Gasteiger partial charge on any atom is 0.321 e. The number of urea groups is 1. The predicted molar refractivity (Wildman–Crippen MR) is 90.5 cm³/mol. The van der Waals surface area contributed by atoms with Crippen molar-refractivity contribution in [3.8, 4) is 0 Å². The molecular weight excluding hydrogens is 298 g/mol. The molecule has 0 radical (unpaired) electrons. The minimum atomic E-state index is -0.0273. The summed E-state index contributed by atoms with van der Waals surface area (Å²) in [5, 5.41) is 7.25. The number of carbonyl (C=O) groups is 1. The number of nitrogens with one attached hydrogen (secondary N) is 2. The van der Waals surface area contributed by atoms with E-state index in [9.17, 15) is 4.79 Å². The standard InChI is InChI=1S/C17H24ClN3O/c1-12-2-5-15(10-16(12)18)20-17(22)21-8-6-14(7-9-21)19-11-13-3-4-13/h2,5,10,13-14,19H,3-4,6-9,11H2,1H3,(H,20,22). The number of likely N-dealkylation sites (tertiary alicyclic amines) is 1. The highest BCUT2D eigenvalue weighted by molar-refractivity contribution is 6.31. The molecule has 2 amide bonds. The summed E-state index contributed by atoms with van der Waals surface area (Å²) in [6.07, 6.45) is 4.84. The Bertz CT molecular complexity index is 537. The van der Waals surface area contributed by atoms with E-state index in [-0.39, 0.29) is 6.03 Å². The van der Waals surface area contributed by atoms with Crippen molar-refractivity contribution in [2.24, 2.45) is 5.92 Å². The number of aryl methyl sites for hydroxylation is 1. The minimum absolute atomic E-state index is 0.0273. The molecule has 4 nitrogen and oxygen atoms in total. The average Bonchev–Trinajstić information content (AvgIpc) is 3.34. The number of hydrogen-bond acceptors (Lipinski definition) is 2. The zero-order chi connectivity index (χ0) is 15.5. The van der Waals surface area contributed by atoms with Crippen LogP contribution in [-0.4, -0.2) is 36.6 Å². The lowest BCUT2D eigenvalue weighted by atomic mass is 10.1. The number of benzene rings is 1. The maximum atomic E-state index is 12.3. The van der Waals surface area contributed by atoms with Crippen molar-refractivity contribution in [3.63, 3.8) is 0 Å². The fraction of sp³-hybridized carbons (Fsp3) is 0.588. The number of carbonyl (C=O) groups excluding carboxylic acids is 1. The smallest absolute Gasteiger partial charge is 0.321 e. The number of anilines is 1. The highest BCUT2D eigenvalue weighted by Crippen LogP contribution is 2.28. The number of amides is 2. The van der Waals surface area contributed by atoms with Crippen LogP contribution in [0.3, 0.4) is 0 Å². The van der Waals surface area contributed by atoms with Gasteiger partial charge in [-0.15, -0.1) is 0 Å². The van der Waals surface area contributed by atoms with Crippen LogP contribution in [0.25, 0.3) is 0 Å². The van der Waals surface area contributed by atoms with Gasteiger partial charge in [0.05, 0.1) is 0 Å². The Balaban J connectivity index is 1.45. The van der Waals surface area contributed by atoms with Gasteiger partial charge in [0.25, 0.3) is 0 Å². The van der Waals surface area contributed by atoms with Gasteiger partial charge in [0.1, 0.15) is 0 Å². The molecule has 1 aromatic rings. The maximum absolute atomic E-state index is 12.3. The molecule has 0 unspecified atom stereocenters. The van der Waals surface area contributed by atoms with Crippen molar-refractivity contribution >= 4 is 23.3 Å². The summed E-state index contributed by atoms with van der Waals surface area (Å²) in [6, 6.07) is 6.16. The fourth-order valence-electron chi connectivity index (χ4n) is 2.82. The minimum Gasteiger partial charge on any atom is -0.324 e. The second kappa shape index (κ2) is 6.88. The van der Waals surface area contributed by atoms with Crippen LogP contribution in [-0.2, 0) is 0 Å². The molecule has 3 rings (SSSR count). The van der Waals surface area contributed by atoms with Gasteiger partial charge in [-0.05, 0) is 62.8 Å². The van der Waals surface area contributed by atoms with Crippen LogP contribution in [0.2, 0.25) is 5.02 Å². The molecule has 0 atom stereocenters. The fourth-order valence-corrected chi connectivity index (χ4v) is 3.00.